The van der Waals surface area contributed by atoms with E-state index in [0.29, 0.717) is 42.3 Å². The lowest BCUT2D eigenvalue weighted by molar-refractivity contribution is -0.125. The van der Waals surface area contributed by atoms with Crippen molar-refractivity contribution < 1.29 is 22.7 Å². The van der Waals surface area contributed by atoms with E-state index in [4.69, 9.17) is 4.74 Å². The molecule has 2 aliphatic rings. The van der Waals surface area contributed by atoms with Crippen LogP contribution in [-0.2, 0) is 14.8 Å². The quantitative estimate of drug-likeness (QED) is 0.654. The minimum Gasteiger partial charge on any atom is -0.479 e. The van der Waals surface area contributed by atoms with Gasteiger partial charge in [-0.2, -0.15) is 4.31 Å². The first-order valence-electron chi connectivity index (χ1n) is 10.8. The molecule has 0 radical (unpaired) electrons. The summed E-state index contributed by atoms with van der Waals surface area (Å²) in [5.41, 5.74) is 2.20. The van der Waals surface area contributed by atoms with E-state index in [9.17, 15) is 18.0 Å². The molecule has 1 fully saturated rings. The molecule has 2 heterocycles. The van der Waals surface area contributed by atoms with Gasteiger partial charge in [0.1, 0.15) is 5.75 Å². The molecular formula is C24H27N3O5S. The van der Waals surface area contributed by atoms with Gasteiger partial charge in [-0.3, -0.25) is 9.59 Å². The van der Waals surface area contributed by atoms with Crippen molar-refractivity contribution >= 4 is 33.2 Å². The average Bonchev–Trinajstić information content (AvgIpc) is 3.33. The number of anilines is 2. The highest BCUT2D eigenvalue weighted by Gasteiger charge is 2.32. The van der Waals surface area contributed by atoms with Crippen LogP contribution in [0.15, 0.2) is 59.5 Å². The maximum atomic E-state index is 12.8. The third-order valence-corrected chi connectivity index (χ3v) is 7.59. The van der Waals surface area contributed by atoms with Crippen LogP contribution in [0.5, 0.6) is 5.75 Å². The van der Waals surface area contributed by atoms with E-state index < -0.39 is 16.1 Å². The number of hydrogen-bond donors (Lipinski definition) is 1. The van der Waals surface area contributed by atoms with E-state index in [1.54, 1.807) is 30.0 Å². The fraction of sp³-hybridized carbons (Fsp3) is 0.333. The molecule has 1 saturated heterocycles. The molecule has 33 heavy (non-hydrogen) atoms. The number of carbonyl (C=O) groups excluding carboxylic acids is 2. The van der Waals surface area contributed by atoms with E-state index in [1.165, 1.54) is 28.6 Å². The molecule has 8 nitrogen and oxygen atoms in total. The highest BCUT2D eigenvalue weighted by atomic mass is 32.2. The van der Waals surface area contributed by atoms with Crippen molar-refractivity contribution in [1.29, 1.82) is 0 Å². The molecule has 0 aromatic heterocycles. The molecule has 2 aromatic rings. The smallest absolute Gasteiger partial charge is 0.268 e. The van der Waals surface area contributed by atoms with Crippen LogP contribution in [0.25, 0.3) is 0 Å². The molecule has 2 amide bonds. The summed E-state index contributed by atoms with van der Waals surface area (Å²) in [4.78, 5) is 27.2. The Hall–Kier alpha value is -3.17. The van der Waals surface area contributed by atoms with E-state index >= 15 is 0 Å². The number of carbonyl (C=O) groups is 2. The van der Waals surface area contributed by atoms with E-state index in [-0.39, 0.29) is 16.7 Å². The molecule has 2 aromatic carbocycles. The summed E-state index contributed by atoms with van der Waals surface area (Å²) in [5.74, 6) is -0.00968. The second kappa shape index (κ2) is 8.99. The number of nitrogens with zero attached hydrogens (tertiary/aromatic N) is 2. The average molecular weight is 470 g/mol. The molecule has 2 aliphatic heterocycles. The molecule has 1 atom stereocenters. The number of amides is 2. The van der Waals surface area contributed by atoms with Crippen LogP contribution in [0, 0.1) is 0 Å². The lowest BCUT2D eigenvalue weighted by atomic mass is 10.1. The Kier molecular flexibility index (Phi) is 6.27. The third kappa shape index (κ3) is 4.65. The van der Waals surface area contributed by atoms with Gasteiger partial charge in [-0.05, 0) is 69.2 Å². The maximum Gasteiger partial charge on any atom is 0.268 e. The fourth-order valence-corrected chi connectivity index (χ4v) is 5.49. The number of hydrogen-bond acceptors (Lipinski definition) is 5. The number of ether oxygens (including phenoxy) is 1. The van der Waals surface area contributed by atoms with Gasteiger partial charge in [0, 0.05) is 30.9 Å². The van der Waals surface area contributed by atoms with Gasteiger partial charge in [-0.15, -0.1) is 0 Å². The first kappa shape index (κ1) is 23.0. The van der Waals surface area contributed by atoms with E-state index in [2.05, 4.69) is 11.9 Å². The van der Waals surface area contributed by atoms with Crippen LogP contribution in [0.2, 0.25) is 0 Å². The van der Waals surface area contributed by atoms with Gasteiger partial charge in [0.25, 0.3) is 11.8 Å². The van der Waals surface area contributed by atoms with Crippen molar-refractivity contribution in [2.24, 2.45) is 0 Å². The van der Waals surface area contributed by atoms with Crippen molar-refractivity contribution in [3.63, 3.8) is 0 Å². The summed E-state index contributed by atoms with van der Waals surface area (Å²) in [7, 11) is -3.53. The Morgan fingerprint density at radius 1 is 1.15 bits per heavy atom. The molecule has 0 spiro atoms. The Morgan fingerprint density at radius 2 is 1.82 bits per heavy atom. The Bertz CT molecular complexity index is 1200. The molecule has 1 N–H and O–H groups in total. The van der Waals surface area contributed by atoms with Crippen molar-refractivity contribution in [3.8, 4) is 5.75 Å². The van der Waals surface area contributed by atoms with Gasteiger partial charge in [-0.25, -0.2) is 8.42 Å². The van der Waals surface area contributed by atoms with E-state index in [1.807, 2.05) is 6.92 Å². The largest absolute Gasteiger partial charge is 0.479 e. The van der Waals surface area contributed by atoms with Crippen molar-refractivity contribution in [2.45, 2.75) is 37.7 Å². The Labute approximate surface area is 193 Å². The van der Waals surface area contributed by atoms with Crippen LogP contribution in [0.1, 0.15) is 37.0 Å². The fourth-order valence-electron chi connectivity index (χ4n) is 3.98. The van der Waals surface area contributed by atoms with Crippen molar-refractivity contribution in [3.05, 3.63) is 60.2 Å². The van der Waals surface area contributed by atoms with Crippen LogP contribution >= 0.6 is 0 Å². The van der Waals surface area contributed by atoms with Gasteiger partial charge < -0.3 is 15.0 Å². The van der Waals surface area contributed by atoms with Crippen LogP contribution in [0.4, 0.5) is 11.4 Å². The summed E-state index contributed by atoms with van der Waals surface area (Å²) < 4.78 is 32.5. The zero-order valence-corrected chi connectivity index (χ0v) is 19.5. The van der Waals surface area contributed by atoms with Gasteiger partial charge in [-0.1, -0.05) is 12.2 Å². The minimum absolute atomic E-state index is 0.176. The Balaban J connectivity index is 1.53. The molecule has 1 unspecified atom stereocenters. The second-order valence-electron chi connectivity index (χ2n) is 8.41. The Morgan fingerprint density at radius 3 is 2.45 bits per heavy atom. The SMILES string of the molecule is C=C(C)CN1C(=O)C(C)Oc2ccc(NC(=O)c3ccc(S(=O)(=O)N4CCCC4)cc3)cc21. The molecule has 0 saturated carbocycles. The molecule has 0 aliphatic carbocycles. The minimum atomic E-state index is -3.53. The van der Waals surface area contributed by atoms with Crippen molar-refractivity contribution in [1.82, 2.24) is 4.31 Å². The first-order valence-corrected chi connectivity index (χ1v) is 12.3. The van der Waals surface area contributed by atoms with Crippen molar-refractivity contribution in [2.75, 3.05) is 29.9 Å². The zero-order chi connectivity index (χ0) is 23.8. The van der Waals surface area contributed by atoms with Gasteiger partial charge in [0.05, 0.1) is 10.6 Å². The highest BCUT2D eigenvalue weighted by molar-refractivity contribution is 7.89. The summed E-state index contributed by atoms with van der Waals surface area (Å²) in [6.07, 6.45) is 1.12. The normalized spacial score (nSPS) is 18.5. The maximum absolute atomic E-state index is 12.8. The van der Waals surface area contributed by atoms with E-state index in [0.717, 1.165) is 18.4 Å². The highest BCUT2D eigenvalue weighted by Crippen LogP contribution is 2.36. The molecule has 174 valence electrons. The predicted molar refractivity (Wildman–Crippen MR) is 126 cm³/mol. The molecule has 9 heteroatoms. The van der Waals surface area contributed by atoms with Crippen LogP contribution in [-0.4, -0.2) is 50.3 Å². The third-order valence-electron chi connectivity index (χ3n) is 5.67. The lowest BCUT2D eigenvalue weighted by Crippen LogP contribution is -2.45. The monoisotopic (exact) mass is 469 g/mol. The summed E-state index contributed by atoms with van der Waals surface area (Å²) in [6.45, 7) is 8.82. The topological polar surface area (TPSA) is 96.0 Å². The number of nitrogens with one attached hydrogen (secondary N) is 1. The van der Waals surface area contributed by atoms with Gasteiger partial charge in [0.15, 0.2) is 6.10 Å². The first-order chi connectivity index (χ1) is 15.7. The zero-order valence-electron chi connectivity index (χ0n) is 18.7. The summed E-state index contributed by atoms with van der Waals surface area (Å²) in [5, 5.41) is 2.81. The lowest BCUT2D eigenvalue weighted by Gasteiger charge is -2.33. The molecule has 0 bridgehead atoms. The van der Waals surface area contributed by atoms with Gasteiger partial charge in [0.2, 0.25) is 10.0 Å². The number of rotatable bonds is 6. The number of fused-ring (bicyclic) bond motifs is 1. The number of benzene rings is 2. The number of sulfonamides is 1. The summed E-state index contributed by atoms with van der Waals surface area (Å²) >= 11 is 0. The summed E-state index contributed by atoms with van der Waals surface area (Å²) in [6, 6.07) is 11.0. The van der Waals surface area contributed by atoms with Crippen LogP contribution < -0.4 is 15.0 Å². The molecule has 4 rings (SSSR count). The predicted octanol–water partition coefficient (Wildman–Crippen LogP) is 3.41. The second-order valence-corrected chi connectivity index (χ2v) is 10.4. The van der Waals surface area contributed by atoms with Crippen LogP contribution in [0.3, 0.4) is 0 Å². The molecular weight excluding hydrogens is 442 g/mol. The van der Waals surface area contributed by atoms with Gasteiger partial charge >= 0.3 is 0 Å². The standard InChI is InChI=1S/C24H27N3O5S/c1-16(2)15-27-21-14-19(8-11-22(21)32-17(3)24(27)29)25-23(28)18-6-9-20(10-7-18)33(30,31)26-12-4-5-13-26/h6-11,14,17H,1,4-5,12-13,15H2,2-3H3,(H,25,28).